The van der Waals surface area contributed by atoms with Crippen molar-refractivity contribution in [2.24, 2.45) is 0 Å². The Bertz CT molecular complexity index is 941. The van der Waals surface area contributed by atoms with Crippen LogP contribution in [0.5, 0.6) is 0 Å². The van der Waals surface area contributed by atoms with E-state index in [1.165, 1.54) is 12.1 Å². The molecule has 0 aliphatic carbocycles. The minimum Gasteiger partial charge on any atom is -0.368 e. The van der Waals surface area contributed by atoms with Gasteiger partial charge in [0.15, 0.2) is 0 Å². The number of hydrogen-bond donors (Lipinski definition) is 1. The van der Waals surface area contributed by atoms with Gasteiger partial charge in [-0.15, -0.1) is 0 Å². The minimum absolute atomic E-state index is 0.115. The molecule has 0 unspecified atom stereocenters. The number of carbonyl (C=O) groups excluding carboxylic acids is 1. The number of nitrogens with one attached hydrogen (secondary N) is 1. The first-order valence-corrected chi connectivity index (χ1v) is 11.2. The molecule has 1 saturated heterocycles. The lowest BCUT2D eigenvalue weighted by Gasteiger charge is -2.36. The minimum atomic E-state index is -3.60. The third-order valence-electron chi connectivity index (χ3n) is 4.67. The summed E-state index contributed by atoms with van der Waals surface area (Å²) in [6, 6.07) is 13.9. The van der Waals surface area contributed by atoms with Crippen LogP contribution in [0.2, 0.25) is 5.02 Å². The first-order valence-electron chi connectivity index (χ1n) is 9.30. The predicted molar refractivity (Wildman–Crippen MR) is 111 cm³/mol. The van der Waals surface area contributed by atoms with Gasteiger partial charge in [-0.3, -0.25) is 4.79 Å². The zero-order valence-corrected chi connectivity index (χ0v) is 17.3. The zero-order chi connectivity index (χ0) is 20.1. The highest BCUT2D eigenvalue weighted by molar-refractivity contribution is 7.89. The number of piperazine rings is 1. The van der Waals surface area contributed by atoms with Crippen molar-refractivity contribution >= 4 is 33.2 Å². The molecule has 1 heterocycles. The van der Waals surface area contributed by atoms with Crippen molar-refractivity contribution in [1.29, 1.82) is 0 Å². The van der Waals surface area contributed by atoms with E-state index >= 15 is 0 Å². The number of halogens is 1. The maximum atomic E-state index is 12.9. The molecule has 1 amide bonds. The monoisotopic (exact) mass is 421 g/mol. The van der Waals surface area contributed by atoms with E-state index in [0.717, 1.165) is 5.69 Å². The van der Waals surface area contributed by atoms with Crippen molar-refractivity contribution in [3.63, 3.8) is 0 Å². The van der Waals surface area contributed by atoms with Crippen LogP contribution in [0.3, 0.4) is 0 Å². The van der Waals surface area contributed by atoms with E-state index in [1.807, 2.05) is 31.2 Å². The van der Waals surface area contributed by atoms with Gasteiger partial charge in [0.2, 0.25) is 10.0 Å². The maximum Gasteiger partial charge on any atom is 0.254 e. The molecule has 0 aromatic heterocycles. The lowest BCUT2D eigenvalue weighted by Crippen LogP contribution is -2.48. The van der Waals surface area contributed by atoms with Crippen molar-refractivity contribution in [2.75, 3.05) is 37.6 Å². The lowest BCUT2D eigenvalue weighted by molar-refractivity contribution is 0.0746. The average molecular weight is 422 g/mol. The molecule has 3 rings (SSSR count). The molecule has 0 radical (unpaired) electrons. The summed E-state index contributed by atoms with van der Waals surface area (Å²) < 4.78 is 27.2. The molecule has 0 atom stereocenters. The molecule has 0 bridgehead atoms. The summed E-state index contributed by atoms with van der Waals surface area (Å²) in [4.78, 5) is 16.9. The number of rotatable bonds is 6. The second-order valence-electron chi connectivity index (χ2n) is 6.68. The molecule has 1 aliphatic heterocycles. The standard InChI is InChI=1S/C20H24ClN3O3S/c1-2-9-22-28(26,27)19-8-3-5-16(14-19)20(25)24-12-10-23(11-13-24)18-7-4-6-17(21)15-18/h3-8,14-15,22H,2,9-13H2,1H3. The fraction of sp³-hybridized carbons (Fsp3) is 0.350. The number of sulfonamides is 1. The zero-order valence-electron chi connectivity index (χ0n) is 15.8. The number of hydrogen-bond acceptors (Lipinski definition) is 4. The van der Waals surface area contributed by atoms with Crippen LogP contribution in [0.4, 0.5) is 5.69 Å². The SMILES string of the molecule is CCCNS(=O)(=O)c1cccc(C(=O)N2CCN(c3cccc(Cl)c3)CC2)c1. The van der Waals surface area contributed by atoms with Gasteiger partial charge in [-0.25, -0.2) is 13.1 Å². The van der Waals surface area contributed by atoms with Crippen LogP contribution < -0.4 is 9.62 Å². The number of amides is 1. The van der Waals surface area contributed by atoms with E-state index in [4.69, 9.17) is 11.6 Å². The molecule has 0 saturated carbocycles. The summed E-state index contributed by atoms with van der Waals surface area (Å²) in [7, 11) is -3.60. The first kappa shape index (κ1) is 20.6. The normalized spacial score (nSPS) is 14.9. The lowest BCUT2D eigenvalue weighted by atomic mass is 10.1. The number of anilines is 1. The van der Waals surface area contributed by atoms with Crippen LogP contribution in [-0.4, -0.2) is 51.9 Å². The summed E-state index contributed by atoms with van der Waals surface area (Å²) in [6.45, 7) is 4.79. The molecule has 28 heavy (non-hydrogen) atoms. The number of nitrogens with zero attached hydrogens (tertiary/aromatic N) is 2. The molecule has 8 heteroatoms. The summed E-state index contributed by atoms with van der Waals surface area (Å²) in [5.41, 5.74) is 1.42. The molecule has 1 aliphatic rings. The Kier molecular flexibility index (Phi) is 6.59. The molecule has 2 aromatic rings. The fourth-order valence-corrected chi connectivity index (χ4v) is 4.50. The van der Waals surface area contributed by atoms with Crippen molar-refractivity contribution in [1.82, 2.24) is 9.62 Å². The maximum absolute atomic E-state index is 12.9. The van der Waals surface area contributed by atoms with E-state index in [-0.39, 0.29) is 10.8 Å². The summed E-state index contributed by atoms with van der Waals surface area (Å²) >= 11 is 6.06. The highest BCUT2D eigenvalue weighted by Gasteiger charge is 2.23. The summed E-state index contributed by atoms with van der Waals surface area (Å²) in [5.74, 6) is -0.154. The molecule has 1 N–H and O–H groups in total. The largest absolute Gasteiger partial charge is 0.368 e. The predicted octanol–water partition coefficient (Wildman–Crippen LogP) is 2.99. The van der Waals surface area contributed by atoms with E-state index < -0.39 is 10.0 Å². The highest BCUT2D eigenvalue weighted by atomic mass is 35.5. The number of carbonyl (C=O) groups is 1. The van der Waals surface area contributed by atoms with E-state index in [2.05, 4.69) is 9.62 Å². The van der Waals surface area contributed by atoms with Crippen LogP contribution in [-0.2, 0) is 10.0 Å². The highest BCUT2D eigenvalue weighted by Crippen LogP contribution is 2.21. The third kappa shape index (κ3) is 4.84. The first-order chi connectivity index (χ1) is 13.4. The quantitative estimate of drug-likeness (QED) is 0.778. The Morgan fingerprint density at radius 2 is 1.79 bits per heavy atom. The van der Waals surface area contributed by atoms with Gasteiger partial charge in [-0.1, -0.05) is 30.7 Å². The number of benzene rings is 2. The summed E-state index contributed by atoms with van der Waals surface area (Å²) in [6.07, 6.45) is 0.703. The van der Waals surface area contributed by atoms with E-state index in [0.29, 0.717) is 49.7 Å². The summed E-state index contributed by atoms with van der Waals surface area (Å²) in [5, 5.41) is 0.686. The van der Waals surface area contributed by atoms with Gasteiger partial charge in [0.25, 0.3) is 5.91 Å². The van der Waals surface area contributed by atoms with Gasteiger partial charge in [-0.05, 0) is 42.8 Å². The van der Waals surface area contributed by atoms with Gasteiger partial charge >= 0.3 is 0 Å². The topological polar surface area (TPSA) is 69.7 Å². The molecule has 0 spiro atoms. The van der Waals surface area contributed by atoms with Crippen LogP contribution in [0.25, 0.3) is 0 Å². The second-order valence-corrected chi connectivity index (χ2v) is 8.89. The Labute approximate surface area is 171 Å². The van der Waals surface area contributed by atoms with Crippen molar-refractivity contribution < 1.29 is 13.2 Å². The van der Waals surface area contributed by atoms with Crippen LogP contribution >= 0.6 is 11.6 Å². The van der Waals surface area contributed by atoms with Crippen molar-refractivity contribution in [3.8, 4) is 0 Å². The van der Waals surface area contributed by atoms with E-state index in [9.17, 15) is 13.2 Å². The fourth-order valence-electron chi connectivity index (χ4n) is 3.14. The van der Waals surface area contributed by atoms with Crippen LogP contribution in [0, 0.1) is 0 Å². The molecule has 2 aromatic carbocycles. The van der Waals surface area contributed by atoms with Crippen molar-refractivity contribution in [2.45, 2.75) is 18.2 Å². The van der Waals surface area contributed by atoms with Gasteiger partial charge in [0.05, 0.1) is 4.90 Å². The van der Waals surface area contributed by atoms with Gasteiger partial charge in [-0.2, -0.15) is 0 Å². The Hall–Kier alpha value is -2.09. The Morgan fingerprint density at radius 1 is 1.07 bits per heavy atom. The molecule has 6 nitrogen and oxygen atoms in total. The van der Waals surface area contributed by atoms with Gasteiger partial charge in [0.1, 0.15) is 0 Å². The van der Waals surface area contributed by atoms with Crippen LogP contribution in [0.15, 0.2) is 53.4 Å². The Morgan fingerprint density at radius 3 is 2.46 bits per heavy atom. The molecular weight excluding hydrogens is 398 g/mol. The molecule has 1 fully saturated rings. The van der Waals surface area contributed by atoms with Gasteiger partial charge in [0, 0.05) is 49.0 Å². The average Bonchev–Trinajstić information content (AvgIpc) is 2.72. The third-order valence-corrected chi connectivity index (χ3v) is 6.37. The van der Waals surface area contributed by atoms with Crippen molar-refractivity contribution in [3.05, 3.63) is 59.1 Å². The van der Waals surface area contributed by atoms with Gasteiger partial charge < -0.3 is 9.80 Å². The van der Waals surface area contributed by atoms with Crippen LogP contribution in [0.1, 0.15) is 23.7 Å². The van der Waals surface area contributed by atoms with E-state index in [1.54, 1.807) is 17.0 Å². The molecule has 150 valence electrons. The second kappa shape index (κ2) is 8.94. The molecular formula is C20H24ClN3O3S. The smallest absolute Gasteiger partial charge is 0.254 e. The Balaban J connectivity index is 1.68.